The Hall–Kier alpha value is -0.700. The molecule has 0 amide bonds. The number of aliphatic hydroxyl groups excluding tert-OH is 6. The van der Waals surface area contributed by atoms with E-state index in [1.54, 1.807) is 13.8 Å². The number of aliphatic hydroxyl groups is 7. The Labute approximate surface area is 317 Å². The average molecular weight is 753 g/mol. The third-order valence-electron chi connectivity index (χ3n) is 16.2. The molecule has 11 nitrogen and oxygen atoms in total. The van der Waals surface area contributed by atoms with Gasteiger partial charge in [-0.1, -0.05) is 53.2 Å². The van der Waals surface area contributed by atoms with Crippen molar-refractivity contribution in [1.82, 2.24) is 0 Å². The van der Waals surface area contributed by atoms with Crippen LogP contribution in [0.2, 0.25) is 0 Å². The number of fused-ring (bicyclic) bond motifs is 5. The van der Waals surface area contributed by atoms with Crippen LogP contribution in [0.4, 0.5) is 0 Å². The maximum absolute atomic E-state index is 11.1. The van der Waals surface area contributed by atoms with Crippen molar-refractivity contribution in [2.24, 2.45) is 45.3 Å². The van der Waals surface area contributed by atoms with Gasteiger partial charge in [-0.25, -0.2) is 0 Å². The number of hydrogen-bond acceptors (Lipinski definition) is 11. The highest BCUT2D eigenvalue weighted by Crippen LogP contribution is 2.75. The second-order valence-electron chi connectivity index (χ2n) is 19.9. The summed E-state index contributed by atoms with van der Waals surface area (Å²) in [6.45, 7) is 17.4. The van der Waals surface area contributed by atoms with E-state index in [-0.39, 0.29) is 53.8 Å². The molecule has 6 rings (SSSR count). The number of ether oxygens (including phenoxy) is 4. The Kier molecular flexibility index (Phi) is 12.1. The highest BCUT2D eigenvalue weighted by Gasteiger charge is 2.67. The first-order chi connectivity index (χ1) is 24.7. The predicted molar refractivity (Wildman–Crippen MR) is 198 cm³/mol. The minimum absolute atomic E-state index is 0.0454. The molecule has 7 N–H and O–H groups in total. The van der Waals surface area contributed by atoms with Crippen LogP contribution in [-0.4, -0.2) is 116 Å². The molecule has 3 saturated carbocycles. The Balaban J connectivity index is 1.14. The lowest BCUT2D eigenvalue weighted by Crippen LogP contribution is -2.60. The second kappa shape index (κ2) is 15.2. The highest BCUT2D eigenvalue weighted by molar-refractivity contribution is 5.30. The zero-order valence-corrected chi connectivity index (χ0v) is 33.6. The molecule has 5 fully saturated rings. The van der Waals surface area contributed by atoms with E-state index < -0.39 is 60.9 Å². The molecule has 0 aromatic carbocycles. The van der Waals surface area contributed by atoms with Gasteiger partial charge in [0.15, 0.2) is 12.6 Å². The summed E-state index contributed by atoms with van der Waals surface area (Å²) in [5, 5.41) is 72.5. The van der Waals surface area contributed by atoms with Gasteiger partial charge in [-0.3, -0.25) is 0 Å². The van der Waals surface area contributed by atoms with E-state index >= 15 is 0 Å². The standard InChI is InChI=1S/C42H72O11/c1-23(9-13-34(39(4,5)49)53-36-30(47)20-28(45)31(22-44)51-36)25-15-16-42(8)32-12-10-26-27(40(32,6)17-18-41(25,42)7)11-14-33(38(26,2)3)52-37-35(48)29(46)19-24(21-43)50-37/h10,23-25,27-37,43-49H,9,11-22H2,1-8H3/t23-,24+,25?,27?,28+,29+,30-,31-,32?,33+,34?,35-,36+,37+,40+,41-,42+/m1/s1. The van der Waals surface area contributed by atoms with E-state index in [9.17, 15) is 35.7 Å². The van der Waals surface area contributed by atoms with Crippen molar-refractivity contribution in [3.63, 3.8) is 0 Å². The maximum Gasteiger partial charge on any atom is 0.186 e. The largest absolute Gasteiger partial charge is 0.394 e. The van der Waals surface area contributed by atoms with Crippen LogP contribution < -0.4 is 0 Å². The lowest BCUT2D eigenvalue weighted by atomic mass is 9.39. The van der Waals surface area contributed by atoms with Crippen LogP contribution in [0.3, 0.4) is 0 Å². The Morgan fingerprint density at radius 3 is 2.21 bits per heavy atom. The van der Waals surface area contributed by atoms with Gasteiger partial charge in [-0.15, -0.1) is 0 Å². The van der Waals surface area contributed by atoms with Crippen LogP contribution in [0.25, 0.3) is 0 Å². The monoisotopic (exact) mass is 753 g/mol. The zero-order chi connectivity index (χ0) is 38.9. The Morgan fingerprint density at radius 2 is 1.55 bits per heavy atom. The predicted octanol–water partition coefficient (Wildman–Crippen LogP) is 4.21. The fourth-order valence-electron chi connectivity index (χ4n) is 12.7. The van der Waals surface area contributed by atoms with Gasteiger partial charge in [0.1, 0.15) is 18.3 Å². The van der Waals surface area contributed by atoms with Gasteiger partial charge in [0.05, 0.1) is 49.3 Å². The van der Waals surface area contributed by atoms with Gasteiger partial charge in [0.25, 0.3) is 0 Å². The van der Waals surface area contributed by atoms with Crippen molar-refractivity contribution in [1.29, 1.82) is 0 Å². The van der Waals surface area contributed by atoms with Crippen LogP contribution in [0.15, 0.2) is 11.6 Å². The molecule has 17 atom stereocenters. The minimum atomic E-state index is -1.18. The first-order valence-electron chi connectivity index (χ1n) is 20.7. The quantitative estimate of drug-likeness (QED) is 0.151. The summed E-state index contributed by atoms with van der Waals surface area (Å²) >= 11 is 0. The number of hydrogen-bond donors (Lipinski definition) is 7. The van der Waals surface area contributed by atoms with Crippen LogP contribution >= 0.6 is 0 Å². The summed E-state index contributed by atoms with van der Waals surface area (Å²) in [4.78, 5) is 0. The van der Waals surface area contributed by atoms with E-state index in [4.69, 9.17) is 18.9 Å². The molecular weight excluding hydrogens is 680 g/mol. The summed E-state index contributed by atoms with van der Waals surface area (Å²) in [6.07, 6.45) is 3.45. The molecule has 0 spiro atoms. The topological polar surface area (TPSA) is 179 Å². The number of rotatable bonds is 11. The lowest BCUT2D eigenvalue weighted by molar-refractivity contribution is -0.298. The summed E-state index contributed by atoms with van der Waals surface area (Å²) in [7, 11) is 0. The molecule has 0 bridgehead atoms. The van der Waals surface area contributed by atoms with Gasteiger partial charge in [-0.05, 0) is 112 Å². The van der Waals surface area contributed by atoms with Crippen LogP contribution in [-0.2, 0) is 18.9 Å². The van der Waals surface area contributed by atoms with E-state index in [1.807, 2.05) is 0 Å². The molecule has 4 unspecified atom stereocenters. The van der Waals surface area contributed by atoms with Crippen molar-refractivity contribution in [2.45, 2.75) is 193 Å². The molecule has 2 saturated heterocycles. The molecule has 0 aromatic heterocycles. The molecule has 2 heterocycles. The Morgan fingerprint density at radius 1 is 0.830 bits per heavy atom. The molecule has 0 radical (unpaired) electrons. The van der Waals surface area contributed by atoms with Gasteiger partial charge in [0.2, 0.25) is 0 Å². The molecule has 0 aromatic rings. The van der Waals surface area contributed by atoms with Crippen molar-refractivity contribution >= 4 is 0 Å². The maximum atomic E-state index is 11.1. The average Bonchev–Trinajstić information content (AvgIpc) is 3.36. The Bertz CT molecular complexity index is 1300. The van der Waals surface area contributed by atoms with Gasteiger partial charge in [0, 0.05) is 18.3 Å². The van der Waals surface area contributed by atoms with Gasteiger partial charge < -0.3 is 54.7 Å². The third-order valence-corrected chi connectivity index (χ3v) is 16.2. The molecular formula is C42H72O11. The molecule has 6 aliphatic rings. The first-order valence-corrected chi connectivity index (χ1v) is 20.7. The van der Waals surface area contributed by atoms with Crippen molar-refractivity contribution in [2.75, 3.05) is 13.2 Å². The fourth-order valence-corrected chi connectivity index (χ4v) is 12.7. The first kappa shape index (κ1) is 41.9. The third kappa shape index (κ3) is 7.34. The van der Waals surface area contributed by atoms with Crippen LogP contribution in [0.1, 0.15) is 126 Å². The smallest absolute Gasteiger partial charge is 0.186 e. The molecule has 306 valence electrons. The van der Waals surface area contributed by atoms with Crippen molar-refractivity contribution < 1.29 is 54.7 Å². The fraction of sp³-hybridized carbons (Fsp3) is 0.952. The van der Waals surface area contributed by atoms with Crippen LogP contribution in [0.5, 0.6) is 0 Å². The summed E-state index contributed by atoms with van der Waals surface area (Å²) in [6, 6.07) is 0. The summed E-state index contributed by atoms with van der Waals surface area (Å²) < 4.78 is 24.4. The van der Waals surface area contributed by atoms with Gasteiger partial charge >= 0.3 is 0 Å². The highest BCUT2D eigenvalue weighted by atomic mass is 16.7. The van der Waals surface area contributed by atoms with E-state index in [1.165, 1.54) is 18.4 Å². The zero-order valence-electron chi connectivity index (χ0n) is 33.6. The van der Waals surface area contributed by atoms with E-state index in [2.05, 4.69) is 47.6 Å². The number of allylic oxidation sites excluding steroid dienone is 1. The second-order valence-corrected chi connectivity index (χ2v) is 19.9. The van der Waals surface area contributed by atoms with Crippen molar-refractivity contribution in [3.8, 4) is 0 Å². The van der Waals surface area contributed by atoms with Gasteiger partial charge in [-0.2, -0.15) is 0 Å². The lowest BCUT2D eigenvalue weighted by Gasteiger charge is -2.66. The molecule has 11 heteroatoms. The minimum Gasteiger partial charge on any atom is -0.394 e. The van der Waals surface area contributed by atoms with E-state index in [0.29, 0.717) is 30.1 Å². The van der Waals surface area contributed by atoms with Crippen molar-refractivity contribution in [3.05, 3.63) is 11.6 Å². The summed E-state index contributed by atoms with van der Waals surface area (Å²) in [5.74, 6) is 1.90. The molecule has 53 heavy (non-hydrogen) atoms. The summed E-state index contributed by atoms with van der Waals surface area (Å²) in [5.41, 5.74) is 0.483. The normalized spacial score (nSPS) is 48.2. The molecule has 2 aliphatic heterocycles. The SMILES string of the molecule is C[C@H](CCC(O[C@@H]1O[C@H](CO)[C@@H](O)C[C@H]1O)C(C)(C)O)C1CC[C@@]2(C)C3CC=C4C(CC[C@H](O[C@@H]5O[C@H](CO)C[C@H](O)[C@H]5O)C4(C)C)[C@]3(C)CC[C@]12C. The van der Waals surface area contributed by atoms with Crippen LogP contribution in [0, 0.1) is 45.3 Å². The van der Waals surface area contributed by atoms with E-state index in [0.717, 1.165) is 38.5 Å². The molecule has 4 aliphatic carbocycles.